The van der Waals surface area contributed by atoms with Gasteiger partial charge in [0.15, 0.2) is 11.5 Å². The summed E-state index contributed by atoms with van der Waals surface area (Å²) < 4.78 is 12.3. The van der Waals surface area contributed by atoms with Crippen LogP contribution in [0, 0.1) is 6.92 Å². The third-order valence-electron chi connectivity index (χ3n) is 9.45. The number of rotatable bonds is 6. The Morgan fingerprint density at radius 1 is 1.28 bits per heavy atom. The van der Waals surface area contributed by atoms with Crippen LogP contribution < -0.4 is 9.47 Å². The number of hydrogen-bond donors (Lipinski definition) is 1. The molecule has 204 valence electrons. The molecule has 2 fully saturated rings. The minimum absolute atomic E-state index is 0.0865. The zero-order chi connectivity index (χ0) is 27.5. The number of amides is 1. The zero-order valence-electron chi connectivity index (χ0n) is 22.9. The number of ether oxygens (including phenoxy) is 2. The van der Waals surface area contributed by atoms with Crippen molar-refractivity contribution >= 4 is 18.0 Å². The highest BCUT2D eigenvalue weighted by atomic mass is 16.6. The summed E-state index contributed by atoms with van der Waals surface area (Å²) in [6.45, 7) is 8.84. The molecule has 0 radical (unpaired) electrons. The molecule has 5 atom stereocenters. The number of likely N-dealkylation sites (tertiary alicyclic amines) is 1. The Morgan fingerprint density at radius 3 is 2.85 bits per heavy atom. The summed E-state index contributed by atoms with van der Waals surface area (Å²) in [7, 11) is 1.82. The topological polar surface area (TPSA) is 79.3 Å². The minimum Gasteiger partial charge on any atom is -0.483 e. The molecule has 2 bridgehead atoms. The van der Waals surface area contributed by atoms with E-state index >= 15 is 0 Å². The van der Waals surface area contributed by atoms with Crippen molar-refractivity contribution in [1.82, 2.24) is 9.80 Å². The van der Waals surface area contributed by atoms with E-state index in [1.54, 1.807) is 17.0 Å². The average Bonchev–Trinajstić information content (AvgIpc) is 3.25. The van der Waals surface area contributed by atoms with Crippen molar-refractivity contribution in [3.05, 3.63) is 77.4 Å². The van der Waals surface area contributed by atoms with Crippen molar-refractivity contribution in [2.75, 3.05) is 20.1 Å². The standard InChI is InChI=1S/C32H36N2O5/c1-5-16-34-17-15-31-28-23-10-11-25(38-21(3)35)29(28)39-30(31)24(13-14-32(31,37)26(34)19-23)33(4)27(36)12-9-22-8-6-7-20(2)18-22/h5-12,18,24,26,30,37H,1,13-17,19H2,2-4H3/t24-,26+,30-,31-,32+/m0/s1. The summed E-state index contributed by atoms with van der Waals surface area (Å²) in [6, 6.07) is 11.5. The van der Waals surface area contributed by atoms with Gasteiger partial charge in [0.2, 0.25) is 5.91 Å². The molecule has 1 N–H and O–H groups in total. The zero-order valence-corrected chi connectivity index (χ0v) is 22.9. The molecule has 2 aliphatic carbocycles. The van der Waals surface area contributed by atoms with E-state index < -0.39 is 23.1 Å². The lowest BCUT2D eigenvalue weighted by molar-refractivity contribution is -0.198. The predicted octanol–water partition coefficient (Wildman–Crippen LogP) is 3.80. The molecule has 39 heavy (non-hydrogen) atoms. The van der Waals surface area contributed by atoms with Crippen LogP contribution in [-0.2, 0) is 21.4 Å². The number of aryl methyl sites for hydroxylation is 1. The van der Waals surface area contributed by atoms with Gasteiger partial charge in [-0.1, -0.05) is 42.0 Å². The molecule has 2 aromatic carbocycles. The van der Waals surface area contributed by atoms with Crippen LogP contribution in [0.3, 0.4) is 0 Å². The first-order chi connectivity index (χ1) is 18.7. The highest BCUT2D eigenvalue weighted by Gasteiger charge is 2.73. The summed E-state index contributed by atoms with van der Waals surface area (Å²) in [5.41, 5.74) is 2.44. The fourth-order valence-electron chi connectivity index (χ4n) is 7.83. The Bertz CT molecular complexity index is 1380. The number of esters is 1. The van der Waals surface area contributed by atoms with E-state index in [0.29, 0.717) is 43.7 Å². The van der Waals surface area contributed by atoms with Gasteiger partial charge in [-0.25, -0.2) is 0 Å². The molecule has 7 nitrogen and oxygen atoms in total. The molecule has 4 aliphatic rings. The molecule has 7 heteroatoms. The smallest absolute Gasteiger partial charge is 0.308 e. The van der Waals surface area contributed by atoms with Crippen LogP contribution in [-0.4, -0.2) is 70.7 Å². The molecule has 1 saturated heterocycles. The lowest BCUT2D eigenvalue weighted by atomic mass is 9.48. The van der Waals surface area contributed by atoms with Crippen LogP contribution in [0.25, 0.3) is 6.08 Å². The van der Waals surface area contributed by atoms with Crippen LogP contribution in [0.1, 0.15) is 48.4 Å². The van der Waals surface area contributed by atoms with E-state index in [0.717, 1.165) is 28.8 Å². The van der Waals surface area contributed by atoms with Crippen molar-refractivity contribution in [1.29, 1.82) is 0 Å². The first-order valence-electron chi connectivity index (χ1n) is 13.8. The fraction of sp³-hybridized carbons (Fsp3) is 0.438. The van der Waals surface area contributed by atoms with Gasteiger partial charge in [0.25, 0.3) is 0 Å². The summed E-state index contributed by atoms with van der Waals surface area (Å²) >= 11 is 0. The molecule has 0 aromatic heterocycles. The molecule has 2 aliphatic heterocycles. The molecule has 2 aromatic rings. The third-order valence-corrected chi connectivity index (χ3v) is 9.45. The van der Waals surface area contributed by atoms with Gasteiger partial charge in [0.05, 0.1) is 17.1 Å². The summed E-state index contributed by atoms with van der Waals surface area (Å²) in [5, 5.41) is 12.6. The highest BCUT2D eigenvalue weighted by molar-refractivity contribution is 5.92. The monoisotopic (exact) mass is 528 g/mol. The summed E-state index contributed by atoms with van der Waals surface area (Å²) in [5.74, 6) is 0.396. The Labute approximate surface area is 229 Å². The maximum Gasteiger partial charge on any atom is 0.308 e. The Morgan fingerprint density at radius 2 is 2.10 bits per heavy atom. The maximum atomic E-state index is 13.5. The van der Waals surface area contributed by atoms with Gasteiger partial charge < -0.3 is 19.5 Å². The number of nitrogens with zero attached hydrogens (tertiary/aromatic N) is 2. The van der Waals surface area contributed by atoms with Crippen LogP contribution in [0.15, 0.2) is 55.1 Å². The molecule has 1 spiro atoms. The SMILES string of the molecule is C=CCN1CC[C@]23c4c5ccc(OC(C)=O)c4O[C@H]2[C@@H](N(C)C(=O)C=Cc2cccc(C)c2)CC[C@@]3(O)[C@H]1C5. The number of carbonyl (C=O) groups is 2. The van der Waals surface area contributed by atoms with Crippen molar-refractivity contribution in [3.8, 4) is 11.5 Å². The van der Waals surface area contributed by atoms with Crippen LogP contribution in [0.4, 0.5) is 0 Å². The van der Waals surface area contributed by atoms with Crippen molar-refractivity contribution in [3.63, 3.8) is 0 Å². The third kappa shape index (κ3) is 3.78. The van der Waals surface area contributed by atoms with Crippen LogP contribution in [0.2, 0.25) is 0 Å². The molecular formula is C32H36N2O5. The van der Waals surface area contributed by atoms with Gasteiger partial charge in [-0.05, 0) is 62.4 Å². The Kier molecular flexibility index (Phi) is 6.19. The van der Waals surface area contributed by atoms with Gasteiger partial charge in [0, 0.05) is 38.2 Å². The highest BCUT2D eigenvalue weighted by Crippen LogP contribution is 2.65. The van der Waals surface area contributed by atoms with Crippen LogP contribution in [0.5, 0.6) is 11.5 Å². The first-order valence-corrected chi connectivity index (χ1v) is 13.8. The average molecular weight is 529 g/mol. The second-order valence-electron chi connectivity index (χ2n) is 11.5. The van der Waals surface area contributed by atoms with E-state index in [4.69, 9.17) is 9.47 Å². The predicted molar refractivity (Wildman–Crippen MR) is 149 cm³/mol. The van der Waals surface area contributed by atoms with E-state index in [-0.39, 0.29) is 18.0 Å². The Balaban J connectivity index is 1.41. The maximum absolute atomic E-state index is 13.5. The molecule has 1 amide bonds. The normalized spacial score (nSPS) is 30.4. The number of carbonyl (C=O) groups excluding carboxylic acids is 2. The van der Waals surface area contributed by atoms with Crippen molar-refractivity contribution in [2.45, 2.75) is 68.7 Å². The van der Waals surface area contributed by atoms with Crippen molar-refractivity contribution < 1.29 is 24.2 Å². The number of piperidine rings is 1. The molecule has 1 saturated carbocycles. The summed E-state index contributed by atoms with van der Waals surface area (Å²) in [6.07, 6.45) is 7.41. The quantitative estimate of drug-likeness (QED) is 0.266. The van der Waals surface area contributed by atoms with E-state index in [1.807, 2.05) is 56.5 Å². The van der Waals surface area contributed by atoms with Gasteiger partial charge in [0.1, 0.15) is 6.10 Å². The van der Waals surface area contributed by atoms with Gasteiger partial charge in [-0.2, -0.15) is 0 Å². The molecule has 0 unspecified atom stereocenters. The number of hydrogen-bond acceptors (Lipinski definition) is 6. The second-order valence-corrected chi connectivity index (χ2v) is 11.5. The first kappa shape index (κ1) is 25.8. The van der Waals surface area contributed by atoms with E-state index in [9.17, 15) is 14.7 Å². The second kappa shape index (κ2) is 9.35. The van der Waals surface area contributed by atoms with E-state index in [2.05, 4.69) is 11.5 Å². The number of likely N-dealkylation sites (N-methyl/N-ethyl adjacent to an activating group) is 1. The van der Waals surface area contributed by atoms with Gasteiger partial charge in [-0.3, -0.25) is 14.5 Å². The number of aliphatic hydroxyl groups is 1. The largest absolute Gasteiger partial charge is 0.483 e. The van der Waals surface area contributed by atoms with E-state index in [1.165, 1.54) is 6.92 Å². The van der Waals surface area contributed by atoms with Crippen LogP contribution >= 0.6 is 0 Å². The number of benzene rings is 2. The Hall–Kier alpha value is -3.42. The lowest BCUT2D eigenvalue weighted by Gasteiger charge is -2.64. The lowest BCUT2D eigenvalue weighted by Crippen LogP contribution is -2.78. The van der Waals surface area contributed by atoms with Crippen molar-refractivity contribution in [2.24, 2.45) is 0 Å². The fourth-order valence-corrected chi connectivity index (χ4v) is 7.83. The molecule has 6 rings (SSSR count). The summed E-state index contributed by atoms with van der Waals surface area (Å²) in [4.78, 5) is 29.5. The molecule has 2 heterocycles. The van der Waals surface area contributed by atoms with Gasteiger partial charge in [-0.15, -0.1) is 6.58 Å². The molecular weight excluding hydrogens is 492 g/mol. The van der Waals surface area contributed by atoms with Gasteiger partial charge >= 0.3 is 5.97 Å². The minimum atomic E-state index is -1.04.